The summed E-state index contributed by atoms with van der Waals surface area (Å²) in [5.41, 5.74) is -1.59. The van der Waals surface area contributed by atoms with Crippen LogP contribution in [0.25, 0.3) is 0 Å². The second kappa shape index (κ2) is 4.64. The second-order valence-corrected chi connectivity index (χ2v) is 6.00. The van der Waals surface area contributed by atoms with Gasteiger partial charge in [-0.1, -0.05) is 0 Å². The maximum Gasteiger partial charge on any atom is 0.497 e. The normalized spacial score (nSPS) is 20.2. The molecule has 6 heteroatoms. The topological polar surface area (TPSA) is 35.5 Å². The Morgan fingerprint density at radius 1 is 1.05 bits per heavy atom. The molecule has 1 aliphatic rings. The zero-order chi connectivity index (χ0) is 15.3. The number of hydrogen-bond donors (Lipinski definition) is 0. The molecule has 0 amide bonds. The lowest BCUT2D eigenvalue weighted by atomic mass is 9.78. The summed E-state index contributed by atoms with van der Waals surface area (Å²) in [6.45, 7) is 8.49. The number of rotatable bonds is 2. The van der Waals surface area contributed by atoms with Crippen LogP contribution in [-0.4, -0.2) is 24.1 Å². The zero-order valence-corrected chi connectivity index (χ0v) is 12.2. The van der Waals surface area contributed by atoms with Gasteiger partial charge < -0.3 is 9.31 Å². The van der Waals surface area contributed by atoms with Crippen LogP contribution in [0.4, 0.5) is 8.78 Å². The van der Waals surface area contributed by atoms with Crippen molar-refractivity contribution in [2.24, 2.45) is 0 Å². The van der Waals surface area contributed by atoms with Crippen molar-refractivity contribution in [3.63, 3.8) is 0 Å². The van der Waals surface area contributed by atoms with Crippen molar-refractivity contribution in [1.29, 1.82) is 0 Å². The van der Waals surface area contributed by atoms with Gasteiger partial charge in [0.25, 0.3) is 0 Å². The van der Waals surface area contributed by atoms with Gasteiger partial charge in [-0.3, -0.25) is 4.79 Å². The van der Waals surface area contributed by atoms with Crippen LogP contribution in [0.1, 0.15) is 45.0 Å². The first-order valence-electron chi connectivity index (χ1n) is 6.41. The van der Waals surface area contributed by atoms with Gasteiger partial charge in [0.2, 0.25) is 0 Å². The lowest BCUT2D eigenvalue weighted by molar-refractivity contribution is 0.00578. The molecule has 3 nitrogen and oxygen atoms in total. The number of carbonyl (C=O) groups excluding carboxylic acids is 1. The molecule has 2 rings (SSSR count). The molecule has 1 aromatic rings. The van der Waals surface area contributed by atoms with Crippen LogP contribution >= 0.6 is 0 Å². The van der Waals surface area contributed by atoms with Crippen LogP contribution in [0.3, 0.4) is 0 Å². The summed E-state index contributed by atoms with van der Waals surface area (Å²) < 4.78 is 39.2. The molecule has 1 aromatic carbocycles. The lowest BCUT2D eigenvalue weighted by Crippen LogP contribution is -2.41. The number of Topliss-reactive ketones (excluding diaryl/α,β-unsaturated/α-hetero) is 1. The average molecular weight is 282 g/mol. The van der Waals surface area contributed by atoms with Gasteiger partial charge in [-0.2, -0.15) is 0 Å². The van der Waals surface area contributed by atoms with Gasteiger partial charge in [-0.15, -0.1) is 0 Å². The minimum Gasteiger partial charge on any atom is -0.399 e. The van der Waals surface area contributed by atoms with Gasteiger partial charge in [-0.25, -0.2) is 8.78 Å². The Balaban J connectivity index is 2.41. The van der Waals surface area contributed by atoms with E-state index < -0.39 is 35.7 Å². The molecule has 0 bridgehead atoms. The molecule has 0 unspecified atom stereocenters. The van der Waals surface area contributed by atoms with Crippen molar-refractivity contribution in [2.45, 2.75) is 45.8 Å². The Hall–Kier alpha value is -1.27. The van der Waals surface area contributed by atoms with Gasteiger partial charge in [0.1, 0.15) is 11.6 Å². The van der Waals surface area contributed by atoms with Crippen molar-refractivity contribution in [2.75, 3.05) is 0 Å². The van der Waals surface area contributed by atoms with Crippen molar-refractivity contribution >= 4 is 18.4 Å². The van der Waals surface area contributed by atoms with E-state index in [1.54, 1.807) is 0 Å². The van der Waals surface area contributed by atoms with E-state index in [2.05, 4.69) is 0 Å². The highest BCUT2D eigenvalue weighted by molar-refractivity contribution is 6.62. The summed E-state index contributed by atoms with van der Waals surface area (Å²) in [6.07, 6.45) is 0. The van der Waals surface area contributed by atoms with E-state index in [9.17, 15) is 13.6 Å². The maximum absolute atomic E-state index is 14.1. The number of halogens is 2. The van der Waals surface area contributed by atoms with E-state index in [0.717, 1.165) is 12.1 Å². The summed E-state index contributed by atoms with van der Waals surface area (Å²) >= 11 is 0. The summed E-state index contributed by atoms with van der Waals surface area (Å²) in [6, 6.07) is 1.85. The Bertz CT molecular complexity index is 554. The molecule has 0 spiro atoms. The van der Waals surface area contributed by atoms with Gasteiger partial charge in [-0.05, 0) is 46.8 Å². The monoisotopic (exact) mass is 282 g/mol. The maximum atomic E-state index is 14.1. The number of hydrogen-bond acceptors (Lipinski definition) is 3. The third kappa shape index (κ3) is 2.38. The fraction of sp³-hybridized carbons (Fsp3) is 0.500. The number of carbonyl (C=O) groups is 1. The van der Waals surface area contributed by atoms with Crippen molar-refractivity contribution < 1.29 is 22.9 Å². The van der Waals surface area contributed by atoms with Crippen LogP contribution < -0.4 is 5.46 Å². The van der Waals surface area contributed by atoms with Crippen LogP contribution in [0.15, 0.2) is 12.1 Å². The fourth-order valence-electron chi connectivity index (χ4n) is 1.98. The molecule has 1 fully saturated rings. The predicted molar refractivity (Wildman–Crippen MR) is 72.1 cm³/mol. The van der Waals surface area contributed by atoms with Crippen LogP contribution in [0.5, 0.6) is 0 Å². The standard InChI is InChI=1S/C14H17BF2O3/c1-8(18)9-6-12(17)10(7-11(9)16)15-19-13(2,3)14(4,5)20-15/h6-7H,1-5H3. The summed E-state index contributed by atoms with van der Waals surface area (Å²) in [4.78, 5) is 11.2. The van der Waals surface area contributed by atoms with Crippen LogP contribution in [-0.2, 0) is 9.31 Å². The van der Waals surface area contributed by atoms with E-state index in [1.807, 2.05) is 27.7 Å². The first-order chi connectivity index (χ1) is 9.05. The van der Waals surface area contributed by atoms with Gasteiger partial charge in [0.15, 0.2) is 5.78 Å². The zero-order valence-electron chi connectivity index (χ0n) is 12.2. The molecule has 0 aromatic heterocycles. The average Bonchev–Trinajstić information content (AvgIpc) is 2.50. The van der Waals surface area contributed by atoms with E-state index in [-0.39, 0.29) is 11.0 Å². The van der Waals surface area contributed by atoms with E-state index in [0.29, 0.717) is 0 Å². The molecular weight excluding hydrogens is 265 g/mol. The van der Waals surface area contributed by atoms with Gasteiger partial charge in [0, 0.05) is 5.46 Å². The first kappa shape index (κ1) is 15.1. The molecule has 108 valence electrons. The predicted octanol–water partition coefficient (Wildman–Crippen LogP) is 2.47. The SMILES string of the molecule is CC(=O)c1cc(F)c(B2OC(C)(C)C(C)(C)O2)cc1F. The molecule has 20 heavy (non-hydrogen) atoms. The van der Waals surface area contributed by atoms with E-state index >= 15 is 0 Å². The first-order valence-corrected chi connectivity index (χ1v) is 6.41. The quantitative estimate of drug-likeness (QED) is 0.617. The molecule has 0 N–H and O–H groups in total. The molecule has 0 aliphatic carbocycles. The summed E-state index contributed by atoms with van der Waals surface area (Å²) in [7, 11) is -0.990. The highest BCUT2D eigenvalue weighted by Crippen LogP contribution is 2.36. The molecule has 1 saturated heterocycles. The molecule has 0 radical (unpaired) electrons. The second-order valence-electron chi connectivity index (χ2n) is 6.00. The lowest BCUT2D eigenvalue weighted by Gasteiger charge is -2.32. The van der Waals surface area contributed by atoms with Crippen molar-refractivity contribution in [1.82, 2.24) is 0 Å². The molecule has 1 aliphatic heterocycles. The molecule has 1 heterocycles. The highest BCUT2D eigenvalue weighted by Gasteiger charge is 2.52. The smallest absolute Gasteiger partial charge is 0.399 e. The minimum absolute atomic E-state index is 0.0360. The van der Waals surface area contributed by atoms with Gasteiger partial charge in [0.05, 0.1) is 16.8 Å². The highest BCUT2D eigenvalue weighted by atomic mass is 19.1. The number of benzene rings is 1. The van der Waals surface area contributed by atoms with Crippen LogP contribution in [0, 0.1) is 11.6 Å². The minimum atomic E-state index is -0.990. The van der Waals surface area contributed by atoms with Crippen LogP contribution in [0.2, 0.25) is 0 Å². The summed E-state index contributed by atoms with van der Waals surface area (Å²) in [5.74, 6) is -2.01. The van der Waals surface area contributed by atoms with Crippen molar-refractivity contribution in [3.8, 4) is 0 Å². The largest absolute Gasteiger partial charge is 0.497 e. The number of ketones is 1. The van der Waals surface area contributed by atoms with Gasteiger partial charge >= 0.3 is 7.12 Å². The van der Waals surface area contributed by atoms with Crippen molar-refractivity contribution in [3.05, 3.63) is 29.3 Å². The Kier molecular flexibility index (Phi) is 3.51. The third-order valence-electron chi connectivity index (χ3n) is 3.97. The van der Waals surface area contributed by atoms with E-state index in [4.69, 9.17) is 9.31 Å². The summed E-state index contributed by atoms with van der Waals surface area (Å²) in [5, 5.41) is 0. The molecule has 0 saturated carbocycles. The Morgan fingerprint density at radius 3 is 2.00 bits per heavy atom. The third-order valence-corrected chi connectivity index (χ3v) is 3.97. The molecule has 0 atom stereocenters. The Labute approximate surface area is 117 Å². The molecular formula is C14H17BF2O3. The Morgan fingerprint density at radius 2 is 1.55 bits per heavy atom. The van der Waals surface area contributed by atoms with E-state index in [1.165, 1.54) is 6.92 Å². The fourth-order valence-corrected chi connectivity index (χ4v) is 1.98.